The summed E-state index contributed by atoms with van der Waals surface area (Å²) < 4.78 is 6.00. The van der Waals surface area contributed by atoms with Crippen LogP contribution in [0.2, 0.25) is 0 Å². The number of pyridine rings is 2. The molecule has 0 spiro atoms. The Morgan fingerprint density at radius 2 is 2.29 bits per heavy atom. The quantitative estimate of drug-likeness (QED) is 0.718. The number of thiophene rings is 1. The van der Waals surface area contributed by atoms with E-state index in [1.807, 2.05) is 12.1 Å². The van der Waals surface area contributed by atoms with Gasteiger partial charge in [0.1, 0.15) is 6.07 Å². The summed E-state index contributed by atoms with van der Waals surface area (Å²) in [6.07, 6.45) is 4.85. The molecule has 0 fully saturated rings. The molecule has 6 nitrogen and oxygen atoms in total. The molecule has 0 amide bonds. The van der Waals surface area contributed by atoms with Gasteiger partial charge < -0.3 is 10.1 Å². The third-order valence-corrected chi connectivity index (χ3v) is 4.36. The van der Waals surface area contributed by atoms with E-state index < -0.39 is 5.97 Å². The first kappa shape index (κ1) is 15.9. The molecule has 3 aromatic heterocycles. The van der Waals surface area contributed by atoms with Crippen molar-refractivity contribution in [2.75, 3.05) is 11.9 Å². The van der Waals surface area contributed by atoms with Gasteiger partial charge in [-0.2, -0.15) is 5.26 Å². The van der Waals surface area contributed by atoms with Crippen molar-refractivity contribution in [1.29, 1.82) is 5.26 Å². The van der Waals surface area contributed by atoms with Crippen molar-refractivity contribution >= 4 is 32.4 Å². The summed E-state index contributed by atoms with van der Waals surface area (Å²) in [5, 5.41) is 13.9. The van der Waals surface area contributed by atoms with Gasteiger partial charge in [-0.05, 0) is 30.7 Å². The highest BCUT2D eigenvalue weighted by Crippen LogP contribution is 2.31. The first-order chi connectivity index (χ1) is 11.7. The lowest BCUT2D eigenvalue weighted by atomic mass is 10.2. The molecule has 0 atom stereocenters. The molecule has 7 heteroatoms. The van der Waals surface area contributed by atoms with Gasteiger partial charge in [0.25, 0.3) is 0 Å². The molecule has 0 aliphatic rings. The maximum atomic E-state index is 12.0. The Hall–Kier alpha value is -2.98. The minimum atomic E-state index is -0.418. The number of hydrogen-bond donors (Lipinski definition) is 1. The van der Waals surface area contributed by atoms with E-state index in [1.165, 1.54) is 17.5 Å². The number of esters is 1. The lowest BCUT2D eigenvalue weighted by molar-refractivity contribution is 0.0522. The summed E-state index contributed by atoms with van der Waals surface area (Å²) in [5.41, 5.74) is 1.77. The monoisotopic (exact) mass is 338 g/mol. The smallest absolute Gasteiger partial charge is 0.357 e. The van der Waals surface area contributed by atoms with Crippen LogP contribution in [0.15, 0.2) is 36.8 Å². The molecule has 1 N–H and O–H groups in total. The maximum absolute atomic E-state index is 12.0. The van der Waals surface area contributed by atoms with Crippen LogP contribution < -0.4 is 5.32 Å². The topological polar surface area (TPSA) is 87.9 Å². The highest BCUT2D eigenvalue weighted by molar-refractivity contribution is 7.22. The number of fused-ring (bicyclic) bond motifs is 1. The van der Waals surface area contributed by atoms with Crippen LogP contribution >= 0.6 is 11.3 Å². The molecule has 0 saturated carbocycles. The van der Waals surface area contributed by atoms with Crippen molar-refractivity contribution in [3.8, 4) is 6.07 Å². The first-order valence-corrected chi connectivity index (χ1v) is 8.16. The van der Waals surface area contributed by atoms with Gasteiger partial charge in [0.05, 0.1) is 17.2 Å². The number of anilines is 1. The Morgan fingerprint density at radius 3 is 3.08 bits per heavy atom. The summed E-state index contributed by atoms with van der Waals surface area (Å²) in [7, 11) is 0. The van der Waals surface area contributed by atoms with E-state index >= 15 is 0 Å². The Kier molecular flexibility index (Phi) is 4.68. The van der Waals surface area contributed by atoms with Crippen molar-refractivity contribution in [3.05, 3.63) is 53.6 Å². The third kappa shape index (κ3) is 3.34. The maximum Gasteiger partial charge on any atom is 0.357 e. The van der Waals surface area contributed by atoms with Crippen LogP contribution in [0.5, 0.6) is 0 Å². The van der Waals surface area contributed by atoms with E-state index in [2.05, 4.69) is 21.4 Å². The van der Waals surface area contributed by atoms with E-state index in [-0.39, 0.29) is 0 Å². The Labute approximate surface area is 142 Å². The molecule has 120 valence electrons. The van der Waals surface area contributed by atoms with Crippen molar-refractivity contribution in [2.45, 2.75) is 13.5 Å². The molecule has 24 heavy (non-hydrogen) atoms. The van der Waals surface area contributed by atoms with Gasteiger partial charge in [-0.3, -0.25) is 4.98 Å². The number of nitriles is 1. The third-order valence-electron chi connectivity index (χ3n) is 3.30. The van der Waals surface area contributed by atoms with E-state index in [1.54, 1.807) is 25.4 Å². The van der Waals surface area contributed by atoms with E-state index in [9.17, 15) is 4.79 Å². The molecule has 0 bridgehead atoms. The fourth-order valence-corrected chi connectivity index (χ4v) is 3.20. The lowest BCUT2D eigenvalue weighted by Crippen LogP contribution is -2.06. The summed E-state index contributed by atoms with van der Waals surface area (Å²) in [4.78, 5) is 20.2. The molecular formula is C17H14N4O2S. The van der Waals surface area contributed by atoms with E-state index in [4.69, 9.17) is 10.00 Å². The zero-order chi connectivity index (χ0) is 16.9. The molecule has 3 rings (SSSR count). The summed E-state index contributed by atoms with van der Waals surface area (Å²) in [6, 6.07) is 7.62. The molecule has 0 aliphatic heterocycles. The Balaban J connectivity index is 1.82. The normalized spacial score (nSPS) is 10.3. The van der Waals surface area contributed by atoms with Crippen molar-refractivity contribution in [1.82, 2.24) is 9.97 Å². The minimum absolute atomic E-state index is 0.314. The fraction of sp³-hybridized carbons (Fsp3) is 0.176. The predicted molar refractivity (Wildman–Crippen MR) is 91.9 cm³/mol. The molecule has 0 aromatic carbocycles. The molecule has 0 radical (unpaired) electrons. The van der Waals surface area contributed by atoms with Crippen LogP contribution in [0.3, 0.4) is 0 Å². The van der Waals surface area contributed by atoms with E-state index in [0.29, 0.717) is 24.4 Å². The van der Waals surface area contributed by atoms with Gasteiger partial charge in [0, 0.05) is 35.2 Å². The molecule has 3 aromatic rings. The van der Waals surface area contributed by atoms with Gasteiger partial charge in [-0.15, -0.1) is 11.3 Å². The molecular weight excluding hydrogens is 324 g/mol. The average molecular weight is 338 g/mol. The van der Waals surface area contributed by atoms with Crippen LogP contribution in [0.1, 0.15) is 28.5 Å². The van der Waals surface area contributed by atoms with Gasteiger partial charge in [0.2, 0.25) is 0 Å². The second kappa shape index (κ2) is 7.06. The van der Waals surface area contributed by atoms with Gasteiger partial charge >= 0.3 is 5.97 Å². The zero-order valence-corrected chi connectivity index (χ0v) is 13.8. The lowest BCUT2D eigenvalue weighted by Gasteiger charge is -2.03. The van der Waals surface area contributed by atoms with Crippen molar-refractivity contribution in [3.63, 3.8) is 0 Å². The number of hydrogen-bond acceptors (Lipinski definition) is 7. The number of nitrogens with zero attached hydrogens (tertiary/aromatic N) is 3. The second-order valence-electron chi connectivity index (χ2n) is 4.95. The Morgan fingerprint density at radius 1 is 1.42 bits per heavy atom. The number of rotatable bonds is 5. The summed E-state index contributed by atoms with van der Waals surface area (Å²) in [5.74, 6) is -0.418. The predicted octanol–water partition coefficient (Wildman–Crippen LogP) is 3.35. The molecule has 0 aliphatic carbocycles. The van der Waals surface area contributed by atoms with Crippen molar-refractivity contribution in [2.24, 2.45) is 0 Å². The highest BCUT2D eigenvalue weighted by atomic mass is 32.1. The largest absolute Gasteiger partial charge is 0.461 e. The number of ether oxygens (including phenoxy) is 1. The highest BCUT2D eigenvalue weighted by Gasteiger charge is 2.15. The van der Waals surface area contributed by atoms with Crippen LogP contribution in [0.4, 0.5) is 5.00 Å². The van der Waals surface area contributed by atoms with Crippen molar-refractivity contribution < 1.29 is 9.53 Å². The van der Waals surface area contributed by atoms with Gasteiger partial charge in [-0.25, -0.2) is 9.78 Å². The van der Waals surface area contributed by atoms with Crippen LogP contribution in [-0.4, -0.2) is 22.5 Å². The average Bonchev–Trinajstić information content (AvgIpc) is 3.03. The van der Waals surface area contributed by atoms with Gasteiger partial charge in [-0.1, -0.05) is 0 Å². The second-order valence-corrected chi connectivity index (χ2v) is 6.03. The van der Waals surface area contributed by atoms with Crippen LogP contribution in [0, 0.1) is 11.3 Å². The SMILES string of the molecule is CCOC(=O)c1nccc2sc(NCc3cncc(C#N)c3)cc12. The van der Waals surface area contributed by atoms with E-state index in [0.717, 1.165) is 20.7 Å². The van der Waals surface area contributed by atoms with Crippen LogP contribution in [0.25, 0.3) is 10.1 Å². The Bertz CT molecular complexity index is 930. The first-order valence-electron chi connectivity index (χ1n) is 7.35. The molecule has 3 heterocycles. The number of carbonyl (C=O) groups is 1. The van der Waals surface area contributed by atoms with Crippen LogP contribution in [-0.2, 0) is 11.3 Å². The minimum Gasteiger partial charge on any atom is -0.461 e. The number of aromatic nitrogens is 2. The molecule has 0 unspecified atom stereocenters. The van der Waals surface area contributed by atoms with Gasteiger partial charge in [0.15, 0.2) is 5.69 Å². The summed E-state index contributed by atoms with van der Waals surface area (Å²) >= 11 is 1.53. The molecule has 0 saturated heterocycles. The number of carbonyl (C=O) groups excluding carboxylic acids is 1. The summed E-state index contributed by atoms with van der Waals surface area (Å²) in [6.45, 7) is 2.62. The number of nitrogens with one attached hydrogen (secondary N) is 1. The fourth-order valence-electron chi connectivity index (χ4n) is 2.25. The standard InChI is InChI=1S/C17H14N4O2S/c1-2-23-17(22)16-13-6-15(24-14(13)3-4-20-16)21-10-12-5-11(7-18)8-19-9-12/h3-6,8-9,21H,2,10H2,1H3. The zero-order valence-electron chi connectivity index (χ0n) is 12.9.